The van der Waals surface area contributed by atoms with Gasteiger partial charge in [0.1, 0.15) is 5.60 Å². The molecule has 140 valence electrons. The van der Waals surface area contributed by atoms with Crippen LogP contribution in [0.25, 0.3) is 10.9 Å². The second kappa shape index (κ2) is 8.60. The molecule has 0 radical (unpaired) electrons. The number of carbonyl (C=O) groups is 1. The van der Waals surface area contributed by atoms with Crippen LogP contribution in [-0.2, 0) is 4.74 Å². The average molecular weight is 442 g/mol. The first kappa shape index (κ1) is 20.3. The van der Waals surface area contributed by atoms with Gasteiger partial charge in [-0.15, -0.1) is 0 Å². The predicted octanol–water partition coefficient (Wildman–Crippen LogP) is 4.73. The fourth-order valence-corrected chi connectivity index (χ4v) is 2.74. The van der Waals surface area contributed by atoms with E-state index in [-0.39, 0.29) is 5.15 Å². The summed E-state index contributed by atoms with van der Waals surface area (Å²) in [6.07, 6.45) is 3.26. The summed E-state index contributed by atoms with van der Waals surface area (Å²) in [5.41, 5.74) is 7.44. The topological polar surface area (TPSA) is 89.3 Å². The number of nitrogens with zero attached hydrogens (tertiary/aromatic N) is 1. The van der Waals surface area contributed by atoms with Gasteiger partial charge in [-0.05, 0) is 39.0 Å². The number of nitrogen functional groups attached to an aromatic ring is 1. The van der Waals surface area contributed by atoms with E-state index < -0.39 is 11.7 Å². The lowest BCUT2D eigenvalue weighted by atomic mass is 10.1. The Morgan fingerprint density at radius 2 is 2.04 bits per heavy atom. The molecule has 0 unspecified atom stereocenters. The molecule has 0 fully saturated rings. The zero-order valence-corrected chi connectivity index (χ0v) is 17.2. The van der Waals surface area contributed by atoms with Gasteiger partial charge in [0.05, 0.1) is 16.9 Å². The molecule has 0 atom stereocenters. The third-order valence-corrected chi connectivity index (χ3v) is 4.05. The Labute approximate surface area is 166 Å². The molecule has 26 heavy (non-hydrogen) atoms. The van der Waals surface area contributed by atoms with Gasteiger partial charge in [0.25, 0.3) is 0 Å². The van der Waals surface area contributed by atoms with Crippen LogP contribution in [0.3, 0.4) is 0 Å². The number of nitrogens with one attached hydrogen (secondary N) is 2. The quantitative estimate of drug-likeness (QED) is 0.461. The molecule has 8 heteroatoms. The second-order valence-electron chi connectivity index (χ2n) is 6.59. The van der Waals surface area contributed by atoms with Crippen LogP contribution in [0.15, 0.2) is 34.8 Å². The van der Waals surface area contributed by atoms with Crippen molar-refractivity contribution in [1.82, 2.24) is 10.3 Å². The highest BCUT2D eigenvalue weighted by Gasteiger charge is 2.15. The number of rotatable bonds is 5. The minimum absolute atomic E-state index is 0.262. The van der Waals surface area contributed by atoms with Crippen molar-refractivity contribution in [1.29, 1.82) is 0 Å². The number of alkyl carbamates (subject to hydrolysis) is 1. The summed E-state index contributed by atoms with van der Waals surface area (Å²) >= 11 is 9.57. The Kier molecular flexibility index (Phi) is 6.72. The average Bonchev–Trinajstić information content (AvgIpc) is 2.53. The summed E-state index contributed by atoms with van der Waals surface area (Å²) < 4.78 is 6.08. The van der Waals surface area contributed by atoms with Gasteiger partial charge in [-0.25, -0.2) is 9.78 Å². The van der Waals surface area contributed by atoms with Gasteiger partial charge in [-0.1, -0.05) is 39.7 Å². The molecule has 0 aliphatic rings. The number of hydrogen-bond donors (Lipinski definition) is 3. The van der Waals surface area contributed by atoms with Crippen LogP contribution in [-0.4, -0.2) is 29.8 Å². The molecular weight excluding hydrogens is 420 g/mol. The Bertz CT molecular complexity index is 834. The second-order valence-corrected chi connectivity index (χ2v) is 7.86. The van der Waals surface area contributed by atoms with Crippen molar-refractivity contribution < 1.29 is 9.53 Å². The first-order chi connectivity index (χ1) is 12.2. The van der Waals surface area contributed by atoms with Crippen LogP contribution in [0, 0.1) is 0 Å². The van der Waals surface area contributed by atoms with Gasteiger partial charge in [-0.3, -0.25) is 0 Å². The maximum Gasteiger partial charge on any atom is 0.407 e. The van der Waals surface area contributed by atoms with E-state index in [2.05, 4.69) is 31.5 Å². The third-order valence-electron chi connectivity index (χ3n) is 3.26. The molecule has 0 bridgehead atoms. The van der Waals surface area contributed by atoms with Gasteiger partial charge in [-0.2, -0.15) is 0 Å². The van der Waals surface area contributed by atoms with E-state index in [1.54, 1.807) is 0 Å². The van der Waals surface area contributed by atoms with Crippen molar-refractivity contribution in [3.05, 3.63) is 40.0 Å². The number of pyridine rings is 1. The van der Waals surface area contributed by atoms with E-state index in [1.165, 1.54) is 0 Å². The monoisotopic (exact) mass is 440 g/mol. The predicted molar refractivity (Wildman–Crippen MR) is 111 cm³/mol. The van der Waals surface area contributed by atoms with Crippen molar-refractivity contribution in [2.24, 2.45) is 0 Å². The fourth-order valence-electron chi connectivity index (χ4n) is 2.19. The highest BCUT2D eigenvalue weighted by molar-refractivity contribution is 9.10. The number of nitrogens with two attached hydrogens (primary N) is 1. The van der Waals surface area contributed by atoms with Gasteiger partial charge in [0, 0.05) is 22.9 Å². The van der Waals surface area contributed by atoms with E-state index in [0.717, 1.165) is 21.1 Å². The van der Waals surface area contributed by atoms with E-state index >= 15 is 0 Å². The maximum absolute atomic E-state index is 11.5. The number of amides is 1. The summed E-state index contributed by atoms with van der Waals surface area (Å²) in [4.78, 5) is 15.8. The SMILES string of the molecule is CC(C)(C)OC(=O)NC/C=C/CNc1c(N)c(Cl)nc2ccc(Br)cc12. The molecule has 0 saturated heterocycles. The number of benzene rings is 1. The van der Waals surface area contributed by atoms with Gasteiger partial charge < -0.3 is 21.1 Å². The molecule has 1 aromatic heterocycles. The molecule has 0 spiro atoms. The Morgan fingerprint density at radius 1 is 1.35 bits per heavy atom. The molecule has 1 amide bonds. The fraction of sp³-hybridized carbons (Fsp3) is 0.333. The third kappa shape index (κ3) is 5.78. The van der Waals surface area contributed by atoms with Crippen LogP contribution in [0.5, 0.6) is 0 Å². The zero-order chi connectivity index (χ0) is 19.3. The molecule has 2 rings (SSSR count). The van der Waals surface area contributed by atoms with E-state index in [4.69, 9.17) is 22.1 Å². The van der Waals surface area contributed by atoms with E-state index in [9.17, 15) is 4.79 Å². The molecule has 0 aliphatic carbocycles. The number of carbonyl (C=O) groups excluding carboxylic acids is 1. The summed E-state index contributed by atoms with van der Waals surface area (Å²) in [5.74, 6) is 0. The molecular formula is C18H22BrClN4O2. The van der Waals surface area contributed by atoms with Crippen LogP contribution in [0.4, 0.5) is 16.2 Å². The normalized spacial score (nSPS) is 11.7. The smallest absolute Gasteiger partial charge is 0.407 e. The lowest BCUT2D eigenvalue weighted by molar-refractivity contribution is 0.0534. The number of hydrogen-bond acceptors (Lipinski definition) is 5. The Balaban J connectivity index is 1.96. The maximum atomic E-state index is 11.5. The highest BCUT2D eigenvalue weighted by atomic mass is 79.9. The molecule has 0 saturated carbocycles. The van der Waals surface area contributed by atoms with Crippen molar-refractivity contribution in [3.8, 4) is 0 Å². The van der Waals surface area contributed by atoms with Crippen molar-refractivity contribution >= 4 is 55.9 Å². The lowest BCUT2D eigenvalue weighted by Gasteiger charge is -2.19. The molecule has 1 aromatic carbocycles. The summed E-state index contributed by atoms with van der Waals surface area (Å²) in [5, 5.41) is 7.05. The van der Waals surface area contributed by atoms with Crippen LogP contribution < -0.4 is 16.4 Å². The molecule has 0 aliphatic heterocycles. The number of aromatic nitrogens is 1. The van der Waals surface area contributed by atoms with Gasteiger partial charge >= 0.3 is 6.09 Å². The van der Waals surface area contributed by atoms with Gasteiger partial charge in [0.15, 0.2) is 5.15 Å². The Hall–Kier alpha value is -1.99. The van der Waals surface area contributed by atoms with E-state index in [1.807, 2.05) is 51.1 Å². The number of anilines is 2. The Morgan fingerprint density at radius 3 is 2.73 bits per heavy atom. The van der Waals surface area contributed by atoms with Crippen LogP contribution in [0.2, 0.25) is 5.15 Å². The molecule has 4 N–H and O–H groups in total. The number of fused-ring (bicyclic) bond motifs is 1. The summed E-state index contributed by atoms with van der Waals surface area (Å²) in [7, 11) is 0. The minimum atomic E-state index is -0.511. The number of halogens is 2. The summed E-state index contributed by atoms with van der Waals surface area (Å²) in [6.45, 7) is 6.34. The molecule has 6 nitrogen and oxygen atoms in total. The molecule has 1 heterocycles. The van der Waals surface area contributed by atoms with Crippen molar-refractivity contribution in [2.75, 3.05) is 24.1 Å². The van der Waals surface area contributed by atoms with E-state index in [0.29, 0.717) is 18.8 Å². The van der Waals surface area contributed by atoms with Crippen LogP contribution >= 0.6 is 27.5 Å². The first-order valence-electron chi connectivity index (χ1n) is 8.07. The van der Waals surface area contributed by atoms with Crippen molar-refractivity contribution in [3.63, 3.8) is 0 Å². The van der Waals surface area contributed by atoms with Crippen molar-refractivity contribution in [2.45, 2.75) is 26.4 Å². The lowest BCUT2D eigenvalue weighted by Crippen LogP contribution is -2.32. The minimum Gasteiger partial charge on any atom is -0.444 e. The number of ether oxygens (including phenoxy) is 1. The standard InChI is InChI=1S/C18H22BrClN4O2/c1-18(2,3)26-17(25)23-9-5-4-8-22-15-12-10-11(19)6-7-13(12)24-16(20)14(15)21/h4-7,10H,8-9,21H2,1-3H3,(H,22,24)(H,23,25)/b5-4+. The molecule has 2 aromatic rings. The summed E-state index contributed by atoms with van der Waals surface area (Å²) in [6, 6.07) is 5.70. The van der Waals surface area contributed by atoms with Crippen LogP contribution in [0.1, 0.15) is 20.8 Å². The highest BCUT2D eigenvalue weighted by Crippen LogP contribution is 2.34. The zero-order valence-electron chi connectivity index (χ0n) is 14.9. The first-order valence-corrected chi connectivity index (χ1v) is 9.24. The largest absolute Gasteiger partial charge is 0.444 e. The van der Waals surface area contributed by atoms with Gasteiger partial charge in [0.2, 0.25) is 0 Å².